The molecule has 16 heavy (non-hydrogen) atoms. The summed E-state index contributed by atoms with van der Waals surface area (Å²) in [5, 5.41) is 11.8. The third-order valence-electron chi connectivity index (χ3n) is 1.76. The summed E-state index contributed by atoms with van der Waals surface area (Å²) in [5.41, 5.74) is 0.738. The Hall–Kier alpha value is -2.24. The van der Waals surface area contributed by atoms with E-state index >= 15 is 0 Å². The van der Waals surface area contributed by atoms with Crippen molar-refractivity contribution in [2.45, 2.75) is 0 Å². The average Bonchev–Trinajstić information content (AvgIpc) is 2.27. The molecule has 0 aliphatic carbocycles. The van der Waals surface area contributed by atoms with Crippen LogP contribution in [0.3, 0.4) is 0 Å². The minimum absolute atomic E-state index is 0.360. The number of rotatable bonds is 5. The Kier molecular flexibility index (Phi) is 4.14. The molecule has 1 aromatic rings. The van der Waals surface area contributed by atoms with Gasteiger partial charge in [-0.3, -0.25) is 0 Å². The lowest BCUT2D eigenvalue weighted by atomic mass is 10.2. The number of carboxylic acids is 1. The summed E-state index contributed by atoms with van der Waals surface area (Å²) in [6.07, 6.45) is 1.45. The van der Waals surface area contributed by atoms with Crippen molar-refractivity contribution in [2.24, 2.45) is 10.9 Å². The molecule has 6 heteroatoms. The Morgan fingerprint density at radius 3 is 2.88 bits per heavy atom. The van der Waals surface area contributed by atoms with Crippen LogP contribution in [0.4, 0.5) is 0 Å². The molecule has 0 unspecified atom stereocenters. The average molecular weight is 224 g/mol. The van der Waals surface area contributed by atoms with Crippen molar-refractivity contribution in [3.63, 3.8) is 0 Å². The molecule has 0 aliphatic rings. The zero-order valence-electron chi connectivity index (χ0n) is 8.71. The highest BCUT2D eigenvalue weighted by Gasteiger charge is 2.06. The highest BCUT2D eigenvalue weighted by atomic mass is 16.5. The van der Waals surface area contributed by atoms with Crippen LogP contribution >= 0.6 is 0 Å². The number of methoxy groups -OCH3 is 1. The molecule has 0 fully saturated rings. The van der Waals surface area contributed by atoms with Crippen molar-refractivity contribution < 1.29 is 19.4 Å². The molecule has 3 N–H and O–H groups in total. The number of carbonyl (C=O) groups is 1. The number of aliphatic carboxylic acids is 1. The van der Waals surface area contributed by atoms with E-state index in [1.54, 1.807) is 18.2 Å². The normalized spacial score (nSPS) is 10.3. The Balaban J connectivity index is 2.88. The molecule has 0 atom stereocenters. The summed E-state index contributed by atoms with van der Waals surface area (Å²) in [6, 6.07) is 4.93. The van der Waals surface area contributed by atoms with E-state index in [4.69, 9.17) is 20.4 Å². The third kappa shape index (κ3) is 3.16. The molecule has 0 saturated heterocycles. The fourth-order valence-corrected chi connectivity index (χ4v) is 1.11. The number of hydrogen-bond acceptors (Lipinski definition) is 5. The number of nitrogens with two attached hydrogens (primary N) is 1. The van der Waals surface area contributed by atoms with Crippen molar-refractivity contribution >= 4 is 12.2 Å². The minimum atomic E-state index is -1.05. The number of benzene rings is 1. The van der Waals surface area contributed by atoms with E-state index < -0.39 is 12.6 Å². The molecule has 86 valence electrons. The molecule has 1 aromatic carbocycles. The van der Waals surface area contributed by atoms with E-state index in [2.05, 4.69) is 5.10 Å². The van der Waals surface area contributed by atoms with Gasteiger partial charge in [-0.1, -0.05) is 0 Å². The Labute approximate surface area is 92.3 Å². The Morgan fingerprint density at radius 1 is 1.56 bits per heavy atom. The highest BCUT2D eigenvalue weighted by molar-refractivity contribution is 5.80. The number of carboxylic acid groups (broad SMARTS) is 1. The van der Waals surface area contributed by atoms with Gasteiger partial charge in [0.05, 0.1) is 13.3 Å². The summed E-state index contributed by atoms with van der Waals surface area (Å²) in [7, 11) is 1.46. The van der Waals surface area contributed by atoms with Crippen molar-refractivity contribution in [3.8, 4) is 11.5 Å². The topological polar surface area (TPSA) is 94.1 Å². The number of hydrazone groups is 1. The van der Waals surface area contributed by atoms with Gasteiger partial charge in [-0.05, 0) is 23.8 Å². The Morgan fingerprint density at radius 2 is 2.31 bits per heavy atom. The molecule has 0 amide bonds. The molecule has 0 radical (unpaired) electrons. The lowest BCUT2D eigenvalue weighted by Gasteiger charge is -2.09. The minimum Gasteiger partial charge on any atom is -0.493 e. The smallest absolute Gasteiger partial charge is 0.341 e. The first-order valence-electron chi connectivity index (χ1n) is 4.43. The van der Waals surface area contributed by atoms with Gasteiger partial charge in [0.1, 0.15) is 0 Å². The summed E-state index contributed by atoms with van der Waals surface area (Å²) < 4.78 is 10.1. The first-order valence-corrected chi connectivity index (χ1v) is 4.43. The number of nitrogens with zero attached hydrogens (tertiary/aromatic N) is 1. The summed E-state index contributed by atoms with van der Waals surface area (Å²) in [6.45, 7) is -0.416. The molecule has 6 nitrogen and oxygen atoms in total. The lowest BCUT2D eigenvalue weighted by molar-refractivity contribution is -0.139. The first-order chi connectivity index (χ1) is 7.67. The standard InChI is InChI=1S/C10H12N2O4/c1-15-9-4-7(5-12-11)2-3-8(9)16-6-10(13)14/h2-5H,6,11H2,1H3,(H,13,14). The SMILES string of the molecule is COc1cc(C=NN)ccc1OCC(=O)O. The van der Waals surface area contributed by atoms with E-state index in [0.717, 1.165) is 5.56 Å². The van der Waals surface area contributed by atoms with Crippen LogP contribution in [0, 0.1) is 0 Å². The van der Waals surface area contributed by atoms with Gasteiger partial charge >= 0.3 is 5.97 Å². The summed E-state index contributed by atoms with van der Waals surface area (Å²) in [5.74, 6) is 4.75. The van der Waals surface area contributed by atoms with Gasteiger partial charge in [0.25, 0.3) is 0 Å². The van der Waals surface area contributed by atoms with Crippen molar-refractivity contribution in [3.05, 3.63) is 23.8 Å². The quantitative estimate of drug-likeness (QED) is 0.430. The predicted molar refractivity (Wildman–Crippen MR) is 57.9 cm³/mol. The molecule has 0 bridgehead atoms. The van der Waals surface area contributed by atoms with E-state index in [9.17, 15) is 4.79 Å². The van der Waals surface area contributed by atoms with Crippen LogP contribution in [0.2, 0.25) is 0 Å². The molecule has 1 rings (SSSR count). The van der Waals surface area contributed by atoms with Gasteiger partial charge in [-0.25, -0.2) is 4.79 Å². The largest absolute Gasteiger partial charge is 0.493 e. The first kappa shape index (κ1) is 11.8. The monoisotopic (exact) mass is 224 g/mol. The number of hydrogen-bond donors (Lipinski definition) is 2. The fourth-order valence-electron chi connectivity index (χ4n) is 1.11. The summed E-state index contributed by atoms with van der Waals surface area (Å²) in [4.78, 5) is 10.3. The third-order valence-corrected chi connectivity index (χ3v) is 1.76. The maximum Gasteiger partial charge on any atom is 0.341 e. The van der Waals surface area contributed by atoms with Crippen LogP contribution in [0.1, 0.15) is 5.56 Å². The van der Waals surface area contributed by atoms with Crippen LogP contribution < -0.4 is 15.3 Å². The van der Waals surface area contributed by atoms with Crippen LogP contribution in [-0.2, 0) is 4.79 Å². The zero-order valence-corrected chi connectivity index (χ0v) is 8.71. The van der Waals surface area contributed by atoms with Gasteiger partial charge in [-0.15, -0.1) is 0 Å². The van der Waals surface area contributed by atoms with Crippen LogP contribution in [-0.4, -0.2) is 31.0 Å². The second-order valence-electron chi connectivity index (χ2n) is 2.87. The maximum atomic E-state index is 10.3. The van der Waals surface area contributed by atoms with Crippen molar-refractivity contribution in [1.82, 2.24) is 0 Å². The molecular weight excluding hydrogens is 212 g/mol. The molecule has 0 saturated carbocycles. The van der Waals surface area contributed by atoms with Gasteiger partial charge in [0.15, 0.2) is 18.1 Å². The molecule has 0 aromatic heterocycles. The van der Waals surface area contributed by atoms with Gasteiger partial charge in [0, 0.05) is 0 Å². The zero-order chi connectivity index (χ0) is 12.0. The molecular formula is C10H12N2O4. The lowest BCUT2D eigenvalue weighted by Crippen LogP contribution is -2.10. The maximum absolute atomic E-state index is 10.3. The van der Waals surface area contributed by atoms with Gasteiger partial charge < -0.3 is 20.4 Å². The van der Waals surface area contributed by atoms with E-state index in [0.29, 0.717) is 11.5 Å². The fraction of sp³-hybridized carbons (Fsp3) is 0.200. The Bertz CT molecular complexity index is 404. The second-order valence-corrected chi connectivity index (χ2v) is 2.87. The highest BCUT2D eigenvalue weighted by Crippen LogP contribution is 2.27. The van der Waals surface area contributed by atoms with Crippen LogP contribution in [0.15, 0.2) is 23.3 Å². The van der Waals surface area contributed by atoms with Crippen LogP contribution in [0.5, 0.6) is 11.5 Å². The summed E-state index contributed by atoms with van der Waals surface area (Å²) >= 11 is 0. The predicted octanol–water partition coefficient (Wildman–Crippen LogP) is 0.451. The molecule has 0 aliphatic heterocycles. The van der Waals surface area contributed by atoms with Crippen LogP contribution in [0.25, 0.3) is 0 Å². The van der Waals surface area contributed by atoms with Gasteiger partial charge in [0.2, 0.25) is 0 Å². The van der Waals surface area contributed by atoms with Crippen molar-refractivity contribution in [1.29, 1.82) is 0 Å². The van der Waals surface area contributed by atoms with Gasteiger partial charge in [-0.2, -0.15) is 5.10 Å². The molecule has 0 spiro atoms. The van der Waals surface area contributed by atoms with Crippen molar-refractivity contribution in [2.75, 3.05) is 13.7 Å². The number of ether oxygens (including phenoxy) is 2. The van der Waals surface area contributed by atoms with E-state index in [1.165, 1.54) is 13.3 Å². The van der Waals surface area contributed by atoms with E-state index in [-0.39, 0.29) is 0 Å². The van der Waals surface area contributed by atoms with E-state index in [1.807, 2.05) is 0 Å². The molecule has 0 heterocycles. The second kappa shape index (κ2) is 5.59.